The van der Waals surface area contributed by atoms with E-state index in [2.05, 4.69) is 26.0 Å². The standard InChI is InChI=1S/C29H54O4/c1-3-5-7-8-9-10-11-12-13-18-22-26-29(32)33-27(23-19-6-4-2)24-20-16-14-15-17-21-25-28(30)31/h8-9,27H,3-7,10-26H2,1-2H3,(H,30,31)/b9-8-. The van der Waals surface area contributed by atoms with Crippen LogP contribution in [0, 0.1) is 0 Å². The summed E-state index contributed by atoms with van der Waals surface area (Å²) in [6, 6.07) is 0. The fourth-order valence-corrected chi connectivity index (χ4v) is 4.10. The number of unbranched alkanes of at least 4 members (excludes halogenated alkanes) is 14. The molecule has 0 aromatic heterocycles. The zero-order valence-electron chi connectivity index (χ0n) is 22.0. The number of ether oxygens (including phenoxy) is 1. The van der Waals surface area contributed by atoms with Crippen molar-refractivity contribution in [3.63, 3.8) is 0 Å². The number of carbonyl (C=O) groups is 2. The summed E-state index contributed by atoms with van der Waals surface area (Å²) in [6.45, 7) is 4.43. The minimum Gasteiger partial charge on any atom is -0.481 e. The van der Waals surface area contributed by atoms with Gasteiger partial charge in [0, 0.05) is 12.8 Å². The van der Waals surface area contributed by atoms with Crippen LogP contribution in [0.2, 0.25) is 0 Å². The number of carboxylic acid groups (broad SMARTS) is 1. The first-order chi connectivity index (χ1) is 16.1. The van der Waals surface area contributed by atoms with Crippen LogP contribution in [0.5, 0.6) is 0 Å². The summed E-state index contributed by atoms with van der Waals surface area (Å²) in [7, 11) is 0. The van der Waals surface area contributed by atoms with E-state index in [0.29, 0.717) is 6.42 Å². The van der Waals surface area contributed by atoms with Crippen LogP contribution in [0.3, 0.4) is 0 Å². The number of hydrogen-bond donors (Lipinski definition) is 1. The van der Waals surface area contributed by atoms with Crippen molar-refractivity contribution in [1.82, 2.24) is 0 Å². The number of rotatable bonds is 25. The molecule has 0 saturated carbocycles. The van der Waals surface area contributed by atoms with Gasteiger partial charge >= 0.3 is 11.9 Å². The van der Waals surface area contributed by atoms with Gasteiger partial charge in [0.2, 0.25) is 0 Å². The Hall–Kier alpha value is -1.32. The molecule has 0 heterocycles. The van der Waals surface area contributed by atoms with Crippen molar-refractivity contribution >= 4 is 11.9 Å². The van der Waals surface area contributed by atoms with Gasteiger partial charge in [-0.2, -0.15) is 0 Å². The number of carbonyl (C=O) groups excluding carboxylic acids is 1. The van der Waals surface area contributed by atoms with E-state index in [-0.39, 0.29) is 18.5 Å². The lowest BCUT2D eigenvalue weighted by Gasteiger charge is -2.18. The SMILES string of the molecule is CCCC/C=C\CCCCCCCC(=O)OC(CCCCC)CCCCCCCCC(=O)O. The molecule has 0 spiro atoms. The molecule has 0 aliphatic carbocycles. The van der Waals surface area contributed by atoms with Crippen LogP contribution in [-0.4, -0.2) is 23.1 Å². The minimum absolute atomic E-state index is 0.0102. The molecule has 0 saturated heterocycles. The maximum absolute atomic E-state index is 12.3. The van der Waals surface area contributed by atoms with E-state index >= 15 is 0 Å². The lowest BCUT2D eigenvalue weighted by Crippen LogP contribution is -2.18. The van der Waals surface area contributed by atoms with Crippen molar-refractivity contribution in [3.8, 4) is 0 Å². The van der Waals surface area contributed by atoms with E-state index in [1.165, 1.54) is 57.8 Å². The van der Waals surface area contributed by atoms with Crippen LogP contribution >= 0.6 is 0 Å². The van der Waals surface area contributed by atoms with E-state index in [1.807, 2.05) is 0 Å². The first kappa shape index (κ1) is 31.7. The van der Waals surface area contributed by atoms with Crippen molar-refractivity contribution < 1.29 is 19.4 Å². The molecule has 0 aromatic carbocycles. The number of aliphatic carboxylic acids is 1. The van der Waals surface area contributed by atoms with Gasteiger partial charge in [-0.15, -0.1) is 0 Å². The molecule has 0 bridgehead atoms. The van der Waals surface area contributed by atoms with E-state index in [4.69, 9.17) is 9.84 Å². The van der Waals surface area contributed by atoms with Crippen LogP contribution in [0.1, 0.15) is 155 Å². The fraction of sp³-hybridized carbons (Fsp3) is 0.862. The van der Waals surface area contributed by atoms with E-state index < -0.39 is 5.97 Å². The second-order valence-corrected chi connectivity index (χ2v) is 9.58. The molecule has 33 heavy (non-hydrogen) atoms. The van der Waals surface area contributed by atoms with Crippen molar-refractivity contribution in [2.45, 2.75) is 161 Å². The summed E-state index contributed by atoms with van der Waals surface area (Å²) in [5.41, 5.74) is 0. The third-order valence-corrected chi connectivity index (χ3v) is 6.24. The summed E-state index contributed by atoms with van der Waals surface area (Å²) in [4.78, 5) is 22.9. The lowest BCUT2D eigenvalue weighted by molar-refractivity contribution is -0.150. The van der Waals surface area contributed by atoms with Gasteiger partial charge in [0.25, 0.3) is 0 Å². The Bertz CT molecular complexity index is 472. The van der Waals surface area contributed by atoms with Gasteiger partial charge < -0.3 is 9.84 Å². The summed E-state index contributed by atoms with van der Waals surface area (Å²) in [5, 5.41) is 8.67. The Morgan fingerprint density at radius 3 is 1.73 bits per heavy atom. The monoisotopic (exact) mass is 466 g/mol. The van der Waals surface area contributed by atoms with Crippen molar-refractivity contribution in [2.75, 3.05) is 0 Å². The highest BCUT2D eigenvalue weighted by Crippen LogP contribution is 2.17. The smallest absolute Gasteiger partial charge is 0.306 e. The minimum atomic E-state index is -0.697. The molecule has 0 aliphatic rings. The average Bonchev–Trinajstić information content (AvgIpc) is 2.79. The van der Waals surface area contributed by atoms with E-state index in [9.17, 15) is 9.59 Å². The van der Waals surface area contributed by atoms with E-state index in [0.717, 1.165) is 70.6 Å². The molecule has 0 fully saturated rings. The highest BCUT2D eigenvalue weighted by atomic mass is 16.5. The fourth-order valence-electron chi connectivity index (χ4n) is 4.10. The highest BCUT2D eigenvalue weighted by Gasteiger charge is 2.14. The summed E-state index contributed by atoms with van der Waals surface area (Å²) in [5.74, 6) is -0.707. The summed E-state index contributed by atoms with van der Waals surface area (Å²) in [6.07, 6.45) is 28.1. The van der Waals surface area contributed by atoms with Gasteiger partial charge in [0.15, 0.2) is 0 Å². The molecule has 1 unspecified atom stereocenters. The van der Waals surface area contributed by atoms with Crippen molar-refractivity contribution in [3.05, 3.63) is 12.2 Å². The Kier molecular flexibility index (Phi) is 24.3. The predicted octanol–water partition coefficient (Wildman–Crippen LogP) is 9.16. The second kappa shape index (κ2) is 25.3. The van der Waals surface area contributed by atoms with Gasteiger partial charge in [-0.25, -0.2) is 0 Å². The molecule has 1 atom stereocenters. The highest BCUT2D eigenvalue weighted by molar-refractivity contribution is 5.69. The molecular formula is C29H54O4. The largest absolute Gasteiger partial charge is 0.481 e. The maximum Gasteiger partial charge on any atom is 0.306 e. The van der Waals surface area contributed by atoms with Crippen LogP contribution in [0.4, 0.5) is 0 Å². The molecule has 0 rings (SSSR count). The van der Waals surface area contributed by atoms with Crippen LogP contribution in [0.15, 0.2) is 12.2 Å². The molecular weight excluding hydrogens is 412 g/mol. The van der Waals surface area contributed by atoms with Gasteiger partial charge in [0.05, 0.1) is 0 Å². The molecule has 1 N–H and O–H groups in total. The number of allylic oxidation sites excluding steroid dienone is 2. The number of esters is 1. The van der Waals surface area contributed by atoms with Crippen molar-refractivity contribution in [2.24, 2.45) is 0 Å². The van der Waals surface area contributed by atoms with Crippen LogP contribution in [-0.2, 0) is 14.3 Å². The Labute approximate surface area is 204 Å². The van der Waals surface area contributed by atoms with Gasteiger partial charge in [-0.1, -0.05) is 96.6 Å². The van der Waals surface area contributed by atoms with Crippen LogP contribution in [0.25, 0.3) is 0 Å². The summed E-state index contributed by atoms with van der Waals surface area (Å²) >= 11 is 0. The molecule has 194 valence electrons. The van der Waals surface area contributed by atoms with E-state index in [1.54, 1.807) is 0 Å². The molecule has 4 nitrogen and oxygen atoms in total. The average molecular weight is 467 g/mol. The molecule has 4 heteroatoms. The zero-order chi connectivity index (χ0) is 24.4. The third-order valence-electron chi connectivity index (χ3n) is 6.24. The Balaban J connectivity index is 3.84. The Morgan fingerprint density at radius 1 is 0.636 bits per heavy atom. The molecule has 0 aromatic rings. The third kappa shape index (κ3) is 25.1. The van der Waals surface area contributed by atoms with Crippen molar-refractivity contribution in [1.29, 1.82) is 0 Å². The number of carboxylic acids is 1. The zero-order valence-corrected chi connectivity index (χ0v) is 22.0. The van der Waals surface area contributed by atoms with Gasteiger partial charge in [0.1, 0.15) is 6.10 Å². The summed E-state index contributed by atoms with van der Waals surface area (Å²) < 4.78 is 5.85. The maximum atomic E-state index is 12.3. The van der Waals surface area contributed by atoms with Gasteiger partial charge in [-0.3, -0.25) is 9.59 Å². The normalized spacial score (nSPS) is 12.3. The number of hydrogen-bond acceptors (Lipinski definition) is 3. The molecule has 0 radical (unpaired) electrons. The topological polar surface area (TPSA) is 63.6 Å². The van der Waals surface area contributed by atoms with Crippen LogP contribution < -0.4 is 0 Å². The first-order valence-electron chi connectivity index (χ1n) is 14.2. The lowest BCUT2D eigenvalue weighted by atomic mass is 10.0. The molecule has 0 amide bonds. The quantitative estimate of drug-likeness (QED) is 0.0827. The van der Waals surface area contributed by atoms with Gasteiger partial charge in [-0.05, 0) is 57.8 Å². The predicted molar refractivity (Wildman–Crippen MR) is 140 cm³/mol. The molecule has 0 aliphatic heterocycles. The second-order valence-electron chi connectivity index (χ2n) is 9.58. The first-order valence-corrected chi connectivity index (χ1v) is 14.2. The Morgan fingerprint density at radius 2 is 1.12 bits per heavy atom.